The van der Waals surface area contributed by atoms with Crippen LogP contribution in [0.4, 0.5) is 0 Å². The minimum atomic E-state index is -0.0732. The summed E-state index contributed by atoms with van der Waals surface area (Å²) in [6, 6.07) is 5.39. The first-order chi connectivity index (χ1) is 11.6. The number of aryl methyl sites for hydroxylation is 1. The second kappa shape index (κ2) is 7.77. The van der Waals surface area contributed by atoms with E-state index < -0.39 is 0 Å². The first-order valence-electron chi connectivity index (χ1n) is 8.35. The number of hydrogen-bond acceptors (Lipinski definition) is 3. The van der Waals surface area contributed by atoms with Crippen molar-refractivity contribution in [1.82, 2.24) is 19.7 Å². The summed E-state index contributed by atoms with van der Waals surface area (Å²) in [5.41, 5.74) is 1.18. The highest BCUT2D eigenvalue weighted by Crippen LogP contribution is 2.16. The topological polar surface area (TPSA) is 55.5 Å². The van der Waals surface area contributed by atoms with E-state index in [9.17, 15) is 4.79 Å². The van der Waals surface area contributed by atoms with Crippen molar-refractivity contribution in [2.45, 2.75) is 19.4 Å². The van der Waals surface area contributed by atoms with Crippen LogP contribution in [0.3, 0.4) is 0 Å². The first kappa shape index (κ1) is 16.9. The Kier molecular flexibility index (Phi) is 5.48. The van der Waals surface area contributed by atoms with Gasteiger partial charge in [0.2, 0.25) is 0 Å². The molecule has 0 radical (unpaired) electrons. The summed E-state index contributed by atoms with van der Waals surface area (Å²) in [5.74, 6) is -0.0732. The molecule has 1 saturated heterocycles. The zero-order valence-electron chi connectivity index (χ0n) is 13.9. The van der Waals surface area contributed by atoms with Gasteiger partial charge in [-0.05, 0) is 12.1 Å². The number of hydrogen-bond donors (Lipinski definition) is 1. The van der Waals surface area contributed by atoms with Crippen LogP contribution in [0.25, 0.3) is 0 Å². The second-order valence-corrected chi connectivity index (χ2v) is 6.65. The lowest BCUT2D eigenvalue weighted by Crippen LogP contribution is -3.10. The summed E-state index contributed by atoms with van der Waals surface area (Å²) >= 11 is 6.22. The van der Waals surface area contributed by atoms with Gasteiger partial charge in [0.1, 0.15) is 11.4 Å². The van der Waals surface area contributed by atoms with Crippen LogP contribution in [0.5, 0.6) is 0 Å². The highest BCUT2D eigenvalue weighted by molar-refractivity contribution is 6.31. The highest BCUT2D eigenvalue weighted by Gasteiger charge is 2.23. The van der Waals surface area contributed by atoms with Crippen LogP contribution in [0.1, 0.15) is 29.0 Å². The van der Waals surface area contributed by atoms with Crippen molar-refractivity contribution in [3.8, 4) is 0 Å². The molecule has 0 aromatic carbocycles. The van der Waals surface area contributed by atoms with Gasteiger partial charge >= 0.3 is 0 Å². The minimum Gasteiger partial charge on any atom is -0.333 e. The Morgan fingerprint density at radius 2 is 2.17 bits per heavy atom. The fourth-order valence-electron chi connectivity index (χ4n) is 3.12. The number of pyridine rings is 1. The molecule has 3 heterocycles. The van der Waals surface area contributed by atoms with Gasteiger partial charge in [-0.25, -0.2) is 0 Å². The third-order valence-electron chi connectivity index (χ3n) is 4.41. The smallest absolute Gasteiger partial charge is 0.273 e. The molecule has 0 saturated carbocycles. The van der Waals surface area contributed by atoms with Crippen LogP contribution >= 0.6 is 11.6 Å². The van der Waals surface area contributed by atoms with Crippen LogP contribution in [0.15, 0.2) is 30.6 Å². The molecule has 0 spiro atoms. The average molecular weight is 349 g/mol. The number of nitrogens with one attached hydrogen (secondary N) is 1. The maximum atomic E-state index is 12.8. The number of amides is 1. The molecule has 6 nitrogen and oxygen atoms in total. The summed E-state index contributed by atoms with van der Waals surface area (Å²) in [6.07, 6.45) is 5.95. The fraction of sp³-hybridized carbons (Fsp3) is 0.471. The van der Waals surface area contributed by atoms with Crippen LogP contribution in [-0.2, 0) is 13.6 Å². The quantitative estimate of drug-likeness (QED) is 0.839. The standard InChI is InChI=1S/C17H22ClN5O/c1-21-12-14(18)16(20-21)13-23(11-10-22-8-4-5-9-22)17(24)15-6-2-3-7-19-15/h2-3,6-7,12H,4-5,8-11,13H2,1H3/p+1. The normalized spacial score (nSPS) is 14.9. The van der Waals surface area contributed by atoms with Crippen molar-refractivity contribution in [1.29, 1.82) is 0 Å². The number of carbonyl (C=O) groups is 1. The lowest BCUT2D eigenvalue weighted by atomic mass is 10.3. The maximum Gasteiger partial charge on any atom is 0.273 e. The molecule has 1 fully saturated rings. The van der Waals surface area contributed by atoms with Gasteiger partial charge in [-0.1, -0.05) is 17.7 Å². The molecule has 0 unspecified atom stereocenters. The molecular formula is C17H23ClN5O+. The molecular weight excluding hydrogens is 326 g/mol. The van der Waals surface area contributed by atoms with E-state index in [0.29, 0.717) is 23.8 Å². The number of nitrogens with zero attached hydrogens (tertiary/aromatic N) is 4. The molecule has 128 valence electrons. The molecule has 1 amide bonds. The summed E-state index contributed by atoms with van der Waals surface area (Å²) in [4.78, 5) is 20.4. The Hall–Kier alpha value is -1.92. The Bertz CT molecular complexity index is 682. The Morgan fingerprint density at radius 3 is 2.79 bits per heavy atom. The van der Waals surface area contributed by atoms with Crippen molar-refractivity contribution in [2.75, 3.05) is 26.2 Å². The SMILES string of the molecule is Cn1cc(Cl)c(CN(CC[NH+]2CCCC2)C(=O)c2ccccn2)n1. The number of halogens is 1. The van der Waals surface area contributed by atoms with Gasteiger partial charge in [-0.3, -0.25) is 14.5 Å². The molecule has 0 bridgehead atoms. The minimum absolute atomic E-state index is 0.0732. The maximum absolute atomic E-state index is 12.8. The molecule has 1 N–H and O–H groups in total. The Morgan fingerprint density at radius 1 is 1.38 bits per heavy atom. The van der Waals surface area contributed by atoms with Crippen molar-refractivity contribution >= 4 is 17.5 Å². The van der Waals surface area contributed by atoms with Crippen molar-refractivity contribution in [3.05, 3.63) is 47.0 Å². The van der Waals surface area contributed by atoms with E-state index in [1.807, 2.05) is 24.1 Å². The molecule has 0 aliphatic carbocycles. The number of carbonyl (C=O) groups excluding carboxylic acids is 1. The fourth-order valence-corrected chi connectivity index (χ4v) is 3.35. The van der Waals surface area contributed by atoms with Crippen molar-refractivity contribution in [2.24, 2.45) is 7.05 Å². The van der Waals surface area contributed by atoms with Crippen LogP contribution in [0, 0.1) is 0 Å². The van der Waals surface area contributed by atoms with Gasteiger partial charge in [0, 0.05) is 32.3 Å². The van der Waals surface area contributed by atoms with E-state index >= 15 is 0 Å². The third-order valence-corrected chi connectivity index (χ3v) is 4.73. The molecule has 1 aliphatic heterocycles. The predicted octanol–water partition coefficient (Wildman–Crippen LogP) is 0.790. The molecule has 2 aromatic heterocycles. The molecule has 1 aliphatic rings. The van der Waals surface area contributed by atoms with Gasteiger partial charge in [0.25, 0.3) is 5.91 Å². The van der Waals surface area contributed by atoms with Crippen LogP contribution in [0.2, 0.25) is 5.02 Å². The molecule has 7 heteroatoms. The van der Waals surface area contributed by atoms with E-state index in [4.69, 9.17) is 11.6 Å². The monoisotopic (exact) mass is 348 g/mol. The number of quaternary nitrogens is 1. The van der Waals surface area contributed by atoms with E-state index in [-0.39, 0.29) is 5.91 Å². The van der Waals surface area contributed by atoms with Gasteiger partial charge in [-0.2, -0.15) is 5.10 Å². The summed E-state index contributed by atoms with van der Waals surface area (Å²) in [5, 5.41) is 4.96. The van der Waals surface area contributed by atoms with E-state index in [2.05, 4.69) is 10.1 Å². The first-order valence-corrected chi connectivity index (χ1v) is 8.73. The molecule has 24 heavy (non-hydrogen) atoms. The van der Waals surface area contributed by atoms with Gasteiger partial charge in [-0.15, -0.1) is 0 Å². The number of likely N-dealkylation sites (tertiary alicyclic amines) is 1. The van der Waals surface area contributed by atoms with Gasteiger partial charge in [0.05, 0.1) is 37.7 Å². The second-order valence-electron chi connectivity index (χ2n) is 6.25. The lowest BCUT2D eigenvalue weighted by molar-refractivity contribution is -0.886. The molecule has 2 aromatic rings. The Labute approximate surface area is 147 Å². The largest absolute Gasteiger partial charge is 0.333 e. The average Bonchev–Trinajstić information content (AvgIpc) is 3.21. The Balaban J connectivity index is 1.74. The van der Waals surface area contributed by atoms with E-state index in [0.717, 1.165) is 12.2 Å². The highest BCUT2D eigenvalue weighted by atomic mass is 35.5. The number of rotatable bonds is 6. The van der Waals surface area contributed by atoms with Gasteiger partial charge in [0.15, 0.2) is 0 Å². The zero-order chi connectivity index (χ0) is 16.9. The third kappa shape index (κ3) is 4.13. The predicted molar refractivity (Wildman–Crippen MR) is 92.0 cm³/mol. The summed E-state index contributed by atoms with van der Waals surface area (Å²) < 4.78 is 1.67. The van der Waals surface area contributed by atoms with E-state index in [1.165, 1.54) is 25.9 Å². The van der Waals surface area contributed by atoms with Crippen molar-refractivity contribution < 1.29 is 9.69 Å². The summed E-state index contributed by atoms with van der Waals surface area (Å²) in [7, 11) is 1.83. The van der Waals surface area contributed by atoms with E-state index in [1.54, 1.807) is 28.0 Å². The zero-order valence-corrected chi connectivity index (χ0v) is 14.7. The lowest BCUT2D eigenvalue weighted by Gasteiger charge is -2.23. The molecule has 0 atom stereocenters. The van der Waals surface area contributed by atoms with Gasteiger partial charge < -0.3 is 9.80 Å². The number of aromatic nitrogens is 3. The summed E-state index contributed by atoms with van der Waals surface area (Å²) in [6.45, 7) is 4.41. The van der Waals surface area contributed by atoms with Crippen LogP contribution in [-0.4, -0.2) is 51.8 Å². The molecule has 3 rings (SSSR count). The van der Waals surface area contributed by atoms with Crippen molar-refractivity contribution in [3.63, 3.8) is 0 Å². The van der Waals surface area contributed by atoms with Crippen LogP contribution < -0.4 is 4.90 Å².